The van der Waals surface area contributed by atoms with E-state index in [0.717, 1.165) is 35.5 Å². The minimum Gasteiger partial charge on any atom is -0.399 e. The molecule has 0 aliphatic heterocycles. The molecule has 0 radical (unpaired) electrons. The van der Waals surface area contributed by atoms with Crippen LogP contribution >= 0.6 is 27.6 Å². The second-order valence-electron chi connectivity index (χ2n) is 4.64. The lowest BCUT2D eigenvalue weighted by Crippen LogP contribution is -2.27. The minimum absolute atomic E-state index is 0. The van der Waals surface area contributed by atoms with Crippen molar-refractivity contribution in [1.82, 2.24) is 0 Å². The summed E-state index contributed by atoms with van der Waals surface area (Å²) < 4.78 is 111. The van der Waals surface area contributed by atoms with Crippen molar-refractivity contribution in [1.29, 1.82) is 0 Å². The van der Waals surface area contributed by atoms with Crippen LogP contribution in [0.2, 0.25) is 0 Å². The van der Waals surface area contributed by atoms with Crippen molar-refractivity contribution in [2.45, 2.75) is 19.8 Å². The number of alkyl halides is 6. The Balaban J connectivity index is -0.000000135. The molecule has 0 rings (SSSR count). The molecule has 0 atom stereocenters. The van der Waals surface area contributed by atoms with Gasteiger partial charge in [-0.1, -0.05) is 12.6 Å². The Labute approximate surface area is 193 Å². The smallest absolute Gasteiger partial charge is 0.399 e. The average Bonchev–Trinajstić information content (AvgIpc) is 2.67. The van der Waals surface area contributed by atoms with Crippen LogP contribution in [0.5, 0.6) is 0 Å². The molecular weight excluding hydrogens is 540 g/mol. The van der Waals surface area contributed by atoms with E-state index >= 15 is 0 Å². The van der Waals surface area contributed by atoms with Gasteiger partial charge in [-0.2, -0.15) is 26.3 Å². The standard InChI is InChI=1S/C6H11F3NO4P.C5H8F3O4P.CH5NO.CH4.ClH/c1-12-10-5(6(7,8)9)4-15(11,13-2)14-3;1-11-13(10,12-2)3-4(9)5(6,7)8;1-3-2;;/h4H2,1-3H3;3H2,1-2H3;2H2,1H3;1H4;1H/b10-5+;;;;. The van der Waals surface area contributed by atoms with Crippen LogP contribution in [0.25, 0.3) is 0 Å². The summed E-state index contributed by atoms with van der Waals surface area (Å²) in [5.41, 5.74) is -1.35. The van der Waals surface area contributed by atoms with Crippen LogP contribution in [0.3, 0.4) is 0 Å². The van der Waals surface area contributed by atoms with Crippen molar-refractivity contribution < 1.29 is 68.0 Å². The number of rotatable bonds is 9. The van der Waals surface area contributed by atoms with Crippen LogP contribution < -0.4 is 5.90 Å². The van der Waals surface area contributed by atoms with E-state index in [1.54, 1.807) is 0 Å². The van der Waals surface area contributed by atoms with Crippen LogP contribution in [0.4, 0.5) is 26.3 Å². The molecule has 0 aliphatic rings. The van der Waals surface area contributed by atoms with Gasteiger partial charge in [0, 0.05) is 28.4 Å². The van der Waals surface area contributed by atoms with Crippen molar-refractivity contribution >= 4 is 39.1 Å². The van der Waals surface area contributed by atoms with Crippen molar-refractivity contribution in [2.24, 2.45) is 11.1 Å². The van der Waals surface area contributed by atoms with Crippen LogP contribution in [0.15, 0.2) is 5.16 Å². The molecule has 0 heterocycles. The van der Waals surface area contributed by atoms with Crippen molar-refractivity contribution in [2.75, 3.05) is 55.0 Å². The van der Waals surface area contributed by atoms with Gasteiger partial charge < -0.3 is 27.8 Å². The molecule has 0 fully saturated rings. The molecule has 20 heteroatoms. The van der Waals surface area contributed by atoms with Gasteiger partial charge >= 0.3 is 27.5 Å². The van der Waals surface area contributed by atoms with Crippen LogP contribution in [-0.4, -0.2) is 78.8 Å². The maximum atomic E-state index is 12.3. The molecule has 0 spiro atoms. The fourth-order valence-corrected chi connectivity index (χ4v) is 3.09. The first kappa shape index (κ1) is 42.4. The van der Waals surface area contributed by atoms with Crippen LogP contribution in [-0.2, 0) is 41.7 Å². The first-order chi connectivity index (χ1) is 14.0. The first-order valence-corrected chi connectivity index (χ1v) is 10.8. The fraction of sp³-hybridized carbons (Fsp3) is 0.846. The molecule has 0 aliphatic carbocycles. The molecule has 0 aromatic carbocycles. The van der Waals surface area contributed by atoms with E-state index in [-0.39, 0.29) is 19.8 Å². The van der Waals surface area contributed by atoms with Gasteiger partial charge in [0.05, 0.1) is 7.11 Å². The molecule has 0 unspecified atom stereocenters. The van der Waals surface area contributed by atoms with Gasteiger partial charge in [0.15, 0.2) is 5.71 Å². The number of carbonyl (C=O) groups excluding carboxylic acids is 1. The molecule has 0 amide bonds. The summed E-state index contributed by atoms with van der Waals surface area (Å²) in [6, 6.07) is 0. The number of Topliss-reactive ketones (excluding diaryl/α,β-unsaturated/α-hetero) is 1. The van der Waals surface area contributed by atoms with Gasteiger partial charge in [0.2, 0.25) is 5.78 Å². The Bertz CT molecular complexity index is 635. The van der Waals surface area contributed by atoms with E-state index < -0.39 is 51.4 Å². The number of halogens is 7. The zero-order valence-electron chi connectivity index (χ0n) is 17.7. The molecule has 0 saturated heterocycles. The molecule has 2 N–H and O–H groups in total. The Morgan fingerprint density at radius 2 is 1.09 bits per heavy atom. The molecule has 204 valence electrons. The molecule has 11 nitrogen and oxygen atoms in total. The maximum Gasteiger partial charge on any atom is 0.450 e. The molecule has 0 aromatic heterocycles. The van der Waals surface area contributed by atoms with Crippen molar-refractivity contribution in [3.8, 4) is 0 Å². The molecule has 33 heavy (non-hydrogen) atoms. The number of carbonyl (C=O) groups is 1. The highest BCUT2D eigenvalue weighted by Gasteiger charge is 2.43. The Morgan fingerprint density at radius 1 is 0.788 bits per heavy atom. The first-order valence-electron chi connectivity index (χ1n) is 7.36. The predicted molar refractivity (Wildman–Crippen MR) is 110 cm³/mol. The highest BCUT2D eigenvalue weighted by Crippen LogP contribution is 2.48. The van der Waals surface area contributed by atoms with Crippen LogP contribution in [0.1, 0.15) is 7.43 Å². The van der Waals surface area contributed by atoms with Gasteiger partial charge in [-0.15, -0.1) is 12.4 Å². The summed E-state index contributed by atoms with van der Waals surface area (Å²) in [6.45, 7) is 0. The summed E-state index contributed by atoms with van der Waals surface area (Å²) in [4.78, 5) is 18.1. The van der Waals surface area contributed by atoms with E-state index in [1.807, 2.05) is 0 Å². The average molecular weight is 569 g/mol. The van der Waals surface area contributed by atoms with E-state index in [4.69, 9.17) is 0 Å². The third-order valence-electron chi connectivity index (χ3n) is 2.64. The Kier molecular flexibility index (Phi) is 25.1. The highest BCUT2D eigenvalue weighted by atomic mass is 35.5. The summed E-state index contributed by atoms with van der Waals surface area (Å²) >= 11 is 0. The van der Waals surface area contributed by atoms with Gasteiger partial charge in [-0.05, 0) is 0 Å². The molecule has 0 saturated carbocycles. The van der Waals surface area contributed by atoms with E-state index in [9.17, 15) is 40.3 Å². The summed E-state index contributed by atoms with van der Waals surface area (Å²) in [5.74, 6) is 2.22. The van der Waals surface area contributed by atoms with Crippen molar-refractivity contribution in [3.05, 3.63) is 0 Å². The van der Waals surface area contributed by atoms with E-state index in [2.05, 4.69) is 38.8 Å². The SMILES string of the molecule is C.CO/N=C(\CP(=O)(OC)OC)C(F)(F)F.CON.COP(=O)(CC(=O)C(F)(F)F)OC.Cl. The zero-order valence-corrected chi connectivity index (χ0v) is 20.3. The number of oxime groups is 1. The second kappa shape index (κ2) is 19.5. The Morgan fingerprint density at radius 3 is 1.30 bits per heavy atom. The summed E-state index contributed by atoms with van der Waals surface area (Å²) in [5, 5.41) is 2.74. The molecule has 0 bridgehead atoms. The number of nitrogens with zero attached hydrogens (tertiary/aromatic N) is 1. The monoisotopic (exact) mass is 568 g/mol. The molecular formula is C13H29ClF6N2O9P2. The Hall–Kier alpha value is -0.770. The number of hydrogen-bond donors (Lipinski definition) is 1. The van der Waals surface area contributed by atoms with E-state index in [1.165, 1.54) is 7.11 Å². The maximum absolute atomic E-state index is 12.3. The quantitative estimate of drug-likeness (QED) is 0.186. The lowest BCUT2D eigenvalue weighted by Gasteiger charge is -2.15. The number of hydrogen-bond acceptors (Lipinski definition) is 11. The van der Waals surface area contributed by atoms with Crippen molar-refractivity contribution in [3.63, 3.8) is 0 Å². The largest absolute Gasteiger partial charge is 0.450 e. The third-order valence-corrected chi connectivity index (χ3v) is 6.22. The number of ketones is 1. The second-order valence-corrected chi connectivity index (χ2v) is 9.18. The summed E-state index contributed by atoms with van der Waals surface area (Å²) in [6.07, 6.45) is -12.0. The van der Waals surface area contributed by atoms with Gasteiger partial charge in [-0.3, -0.25) is 13.9 Å². The van der Waals surface area contributed by atoms with Gasteiger partial charge in [0.1, 0.15) is 19.4 Å². The van der Waals surface area contributed by atoms with Gasteiger partial charge in [-0.25, -0.2) is 5.90 Å². The third kappa shape index (κ3) is 20.3. The van der Waals surface area contributed by atoms with Crippen LogP contribution in [0, 0.1) is 0 Å². The van der Waals surface area contributed by atoms with Gasteiger partial charge in [0.25, 0.3) is 0 Å². The highest BCUT2D eigenvalue weighted by molar-refractivity contribution is 7.55. The lowest BCUT2D eigenvalue weighted by molar-refractivity contribution is -0.168. The number of nitrogens with two attached hydrogens (primary N) is 1. The topological polar surface area (TPSA) is 145 Å². The lowest BCUT2D eigenvalue weighted by atomic mass is 10.4. The van der Waals surface area contributed by atoms with E-state index in [0.29, 0.717) is 0 Å². The zero-order chi connectivity index (χ0) is 25.5. The normalized spacial score (nSPS) is 12.1. The fourth-order valence-electron chi connectivity index (χ4n) is 1.14. The minimum atomic E-state index is -5.01. The predicted octanol–water partition coefficient (Wildman–Crippen LogP) is 4.21. The molecule has 0 aromatic rings. The summed E-state index contributed by atoms with van der Waals surface area (Å²) in [7, 11) is -1.54.